The molecule has 106 valence electrons. The van der Waals surface area contributed by atoms with E-state index in [4.69, 9.17) is 9.47 Å². The second kappa shape index (κ2) is 7.30. The van der Waals surface area contributed by atoms with Crippen molar-refractivity contribution in [2.45, 2.75) is 50.5 Å². The van der Waals surface area contributed by atoms with Crippen molar-refractivity contribution in [3.8, 4) is 5.75 Å². The zero-order valence-electron chi connectivity index (χ0n) is 11.8. The van der Waals surface area contributed by atoms with Crippen LogP contribution in [0, 0.1) is 6.92 Å². The summed E-state index contributed by atoms with van der Waals surface area (Å²) in [5.74, 6) is 1.00. The summed E-state index contributed by atoms with van der Waals surface area (Å²) in [6.07, 6.45) is 5.10. The number of aryl methyl sites for hydroxylation is 1. The van der Waals surface area contributed by atoms with Crippen molar-refractivity contribution in [1.29, 1.82) is 0 Å². The third kappa shape index (κ3) is 4.22. The molecule has 0 saturated carbocycles. The lowest BCUT2D eigenvalue weighted by atomic mass is 10.0. The van der Waals surface area contributed by atoms with Gasteiger partial charge in [0.1, 0.15) is 5.75 Å². The summed E-state index contributed by atoms with van der Waals surface area (Å²) in [4.78, 5) is 0.346. The van der Waals surface area contributed by atoms with Crippen LogP contribution in [0.3, 0.4) is 0 Å². The molecule has 1 saturated heterocycles. The van der Waals surface area contributed by atoms with Gasteiger partial charge in [-0.15, -0.1) is 0 Å². The molecule has 2 atom stereocenters. The lowest BCUT2D eigenvalue weighted by Crippen LogP contribution is -2.07. The molecular formula is C16H23BrO2. The molecule has 1 heterocycles. The molecule has 2 nitrogen and oxygen atoms in total. The molecule has 3 heteroatoms. The number of benzene rings is 1. The van der Waals surface area contributed by atoms with Crippen molar-refractivity contribution < 1.29 is 9.47 Å². The number of hydrogen-bond donors (Lipinski definition) is 0. The first-order valence-electron chi connectivity index (χ1n) is 7.19. The maximum Gasteiger partial charge on any atom is 0.123 e. The van der Waals surface area contributed by atoms with E-state index < -0.39 is 0 Å². The number of ether oxygens (including phenoxy) is 2. The molecule has 0 aromatic heterocycles. The van der Waals surface area contributed by atoms with Gasteiger partial charge in [0.15, 0.2) is 0 Å². The fourth-order valence-electron chi connectivity index (χ4n) is 2.56. The van der Waals surface area contributed by atoms with Crippen LogP contribution in [-0.2, 0) is 4.74 Å². The Kier molecular flexibility index (Phi) is 5.71. The second-order valence-corrected chi connectivity index (χ2v) is 6.26. The van der Waals surface area contributed by atoms with E-state index in [1.54, 1.807) is 0 Å². The average Bonchev–Trinajstić information content (AvgIpc) is 2.91. The molecule has 0 radical (unpaired) electrons. The minimum Gasteiger partial charge on any atom is -0.494 e. The topological polar surface area (TPSA) is 18.5 Å². The van der Waals surface area contributed by atoms with Crippen LogP contribution in [0.5, 0.6) is 5.75 Å². The fourth-order valence-corrected chi connectivity index (χ4v) is 3.18. The zero-order valence-corrected chi connectivity index (χ0v) is 13.4. The Balaban J connectivity index is 1.99. The Labute approximate surface area is 124 Å². The number of rotatable bonds is 6. The van der Waals surface area contributed by atoms with Crippen LogP contribution >= 0.6 is 15.9 Å². The first kappa shape index (κ1) is 14.9. The molecule has 0 N–H and O–H groups in total. The van der Waals surface area contributed by atoms with E-state index >= 15 is 0 Å². The quantitative estimate of drug-likeness (QED) is 0.700. The van der Waals surface area contributed by atoms with E-state index in [0.717, 1.165) is 25.2 Å². The molecule has 1 aromatic carbocycles. The largest absolute Gasteiger partial charge is 0.494 e. The highest BCUT2D eigenvalue weighted by molar-refractivity contribution is 9.09. The normalized spacial score (nSPS) is 20.5. The molecule has 2 unspecified atom stereocenters. The molecule has 0 amide bonds. The lowest BCUT2D eigenvalue weighted by molar-refractivity contribution is 0.102. The van der Waals surface area contributed by atoms with Crippen LogP contribution in [0.15, 0.2) is 18.2 Å². The van der Waals surface area contributed by atoms with Crippen molar-refractivity contribution in [3.05, 3.63) is 29.3 Å². The molecule has 1 aliphatic rings. The van der Waals surface area contributed by atoms with Gasteiger partial charge in [-0.1, -0.05) is 33.6 Å². The van der Waals surface area contributed by atoms with Crippen LogP contribution in [0.25, 0.3) is 0 Å². The molecular weight excluding hydrogens is 304 g/mol. The van der Waals surface area contributed by atoms with Crippen molar-refractivity contribution in [2.24, 2.45) is 0 Å². The van der Waals surface area contributed by atoms with Crippen molar-refractivity contribution in [2.75, 3.05) is 13.2 Å². The zero-order chi connectivity index (χ0) is 13.7. The van der Waals surface area contributed by atoms with E-state index in [-0.39, 0.29) is 0 Å². The van der Waals surface area contributed by atoms with E-state index in [1.807, 2.05) is 6.92 Å². The minimum atomic E-state index is 0.346. The molecule has 1 fully saturated rings. The van der Waals surface area contributed by atoms with Crippen molar-refractivity contribution in [1.82, 2.24) is 0 Å². The molecule has 19 heavy (non-hydrogen) atoms. The highest BCUT2D eigenvalue weighted by Gasteiger charge is 2.19. The minimum absolute atomic E-state index is 0.346. The first-order valence-corrected chi connectivity index (χ1v) is 8.11. The van der Waals surface area contributed by atoms with E-state index in [9.17, 15) is 0 Å². The number of hydrogen-bond acceptors (Lipinski definition) is 2. The fraction of sp³-hybridized carbons (Fsp3) is 0.625. The molecule has 0 spiro atoms. The summed E-state index contributed by atoms with van der Waals surface area (Å²) >= 11 is 3.81. The molecule has 0 aliphatic carbocycles. The van der Waals surface area contributed by atoms with Gasteiger partial charge in [0.2, 0.25) is 0 Å². The van der Waals surface area contributed by atoms with Crippen LogP contribution in [0.4, 0.5) is 0 Å². The third-order valence-corrected chi connectivity index (χ3v) is 4.52. The van der Waals surface area contributed by atoms with Gasteiger partial charge in [-0.25, -0.2) is 0 Å². The van der Waals surface area contributed by atoms with Gasteiger partial charge in [-0.05, 0) is 45.6 Å². The maximum absolute atomic E-state index is 5.72. The van der Waals surface area contributed by atoms with Crippen LogP contribution in [-0.4, -0.2) is 19.3 Å². The van der Waals surface area contributed by atoms with Gasteiger partial charge in [0.05, 0.1) is 12.7 Å². The first-order chi connectivity index (χ1) is 9.20. The Bertz CT molecular complexity index is 400. The molecule has 1 aliphatic heterocycles. The summed E-state index contributed by atoms with van der Waals surface area (Å²) in [5, 5.41) is 0. The number of alkyl halides is 1. The van der Waals surface area contributed by atoms with Crippen molar-refractivity contribution >= 4 is 15.9 Å². The van der Waals surface area contributed by atoms with Crippen LogP contribution < -0.4 is 4.74 Å². The van der Waals surface area contributed by atoms with Gasteiger partial charge in [0, 0.05) is 17.0 Å². The Hall–Kier alpha value is -0.540. The van der Waals surface area contributed by atoms with E-state index in [2.05, 4.69) is 41.1 Å². The number of halogens is 1. The Morgan fingerprint density at radius 2 is 2.32 bits per heavy atom. The van der Waals surface area contributed by atoms with Gasteiger partial charge in [0.25, 0.3) is 0 Å². The highest BCUT2D eigenvalue weighted by atomic mass is 79.9. The van der Waals surface area contributed by atoms with Crippen LogP contribution in [0.2, 0.25) is 0 Å². The van der Waals surface area contributed by atoms with Gasteiger partial charge < -0.3 is 9.47 Å². The summed E-state index contributed by atoms with van der Waals surface area (Å²) in [7, 11) is 0. The Morgan fingerprint density at radius 3 is 3.00 bits per heavy atom. The van der Waals surface area contributed by atoms with Crippen LogP contribution in [0.1, 0.15) is 48.6 Å². The molecule has 1 aromatic rings. The maximum atomic E-state index is 5.72. The average molecular weight is 327 g/mol. The lowest BCUT2D eigenvalue weighted by Gasteiger charge is -2.17. The summed E-state index contributed by atoms with van der Waals surface area (Å²) in [6, 6.07) is 6.41. The van der Waals surface area contributed by atoms with Gasteiger partial charge in [-0.2, -0.15) is 0 Å². The van der Waals surface area contributed by atoms with E-state index in [1.165, 1.54) is 24.0 Å². The Morgan fingerprint density at radius 1 is 1.47 bits per heavy atom. The smallest absolute Gasteiger partial charge is 0.123 e. The summed E-state index contributed by atoms with van der Waals surface area (Å²) in [5.41, 5.74) is 2.54. The van der Waals surface area contributed by atoms with Gasteiger partial charge >= 0.3 is 0 Å². The summed E-state index contributed by atoms with van der Waals surface area (Å²) in [6.45, 7) is 5.80. The van der Waals surface area contributed by atoms with E-state index in [0.29, 0.717) is 17.5 Å². The van der Waals surface area contributed by atoms with Crippen molar-refractivity contribution in [3.63, 3.8) is 0 Å². The monoisotopic (exact) mass is 326 g/mol. The second-order valence-electron chi connectivity index (χ2n) is 5.15. The van der Waals surface area contributed by atoms with Gasteiger partial charge in [-0.3, -0.25) is 0 Å². The predicted molar refractivity (Wildman–Crippen MR) is 82.2 cm³/mol. The predicted octanol–water partition coefficient (Wildman–Crippen LogP) is 4.79. The molecule has 2 rings (SSSR count). The third-order valence-electron chi connectivity index (χ3n) is 3.57. The molecule has 0 bridgehead atoms. The highest BCUT2D eigenvalue weighted by Crippen LogP contribution is 2.36. The SMILES string of the molecule is CCOc1ccc(C)cc1C(Br)CCC1CCCO1. The summed E-state index contributed by atoms with van der Waals surface area (Å²) < 4.78 is 11.4. The standard InChI is InChI=1S/C16H23BrO2/c1-3-18-16-9-6-12(2)11-14(16)15(17)8-7-13-5-4-10-19-13/h6,9,11,13,15H,3-5,7-8,10H2,1-2H3.